The topological polar surface area (TPSA) is 98.5 Å². The number of nitro groups is 1. The van der Waals surface area contributed by atoms with Gasteiger partial charge in [-0.05, 0) is 34.5 Å². The van der Waals surface area contributed by atoms with Crippen LogP contribution in [0.3, 0.4) is 0 Å². The molecule has 1 aromatic carbocycles. The molecular weight excluding hydrogens is 328 g/mol. The van der Waals surface area contributed by atoms with Gasteiger partial charge in [-0.25, -0.2) is 13.1 Å². The summed E-state index contributed by atoms with van der Waals surface area (Å²) in [4.78, 5) is 10.6. The lowest BCUT2D eigenvalue weighted by Crippen LogP contribution is -2.48. The van der Waals surface area contributed by atoms with E-state index in [1.807, 2.05) is 5.38 Å². The zero-order valence-electron chi connectivity index (χ0n) is 11.3. The van der Waals surface area contributed by atoms with Gasteiger partial charge in [-0.1, -0.05) is 0 Å². The highest BCUT2D eigenvalue weighted by molar-refractivity contribution is 7.89. The molecule has 0 unspecified atom stereocenters. The lowest BCUT2D eigenvalue weighted by atomic mass is 10.1. The number of sulfonamides is 1. The van der Waals surface area contributed by atoms with Gasteiger partial charge in [0, 0.05) is 6.07 Å². The maximum absolute atomic E-state index is 12.2. The van der Waals surface area contributed by atoms with Gasteiger partial charge >= 0.3 is 0 Å². The van der Waals surface area contributed by atoms with Crippen LogP contribution in [0.15, 0.2) is 39.9 Å². The van der Waals surface area contributed by atoms with E-state index in [0.717, 1.165) is 6.07 Å². The van der Waals surface area contributed by atoms with E-state index in [0.29, 0.717) is 24.3 Å². The monoisotopic (exact) mass is 340 g/mol. The van der Waals surface area contributed by atoms with E-state index >= 15 is 0 Å². The van der Waals surface area contributed by atoms with E-state index in [1.54, 1.807) is 11.4 Å². The minimum Gasteiger partial charge on any atom is -0.378 e. The fourth-order valence-electron chi connectivity index (χ4n) is 2.08. The molecule has 1 aliphatic rings. The molecule has 0 radical (unpaired) electrons. The van der Waals surface area contributed by atoms with Crippen molar-refractivity contribution in [3.8, 4) is 11.1 Å². The second-order valence-corrected chi connectivity index (χ2v) is 7.30. The highest BCUT2D eigenvalue weighted by atomic mass is 32.2. The molecule has 22 heavy (non-hydrogen) atoms. The van der Waals surface area contributed by atoms with Crippen LogP contribution in [0.5, 0.6) is 0 Å². The van der Waals surface area contributed by atoms with Crippen LogP contribution in [0.2, 0.25) is 0 Å². The predicted octanol–water partition coefficient (Wildman–Crippen LogP) is 2.00. The first-order valence-corrected chi connectivity index (χ1v) is 8.81. The molecule has 1 fully saturated rings. The van der Waals surface area contributed by atoms with Crippen LogP contribution in [0, 0.1) is 10.1 Å². The van der Waals surface area contributed by atoms with Gasteiger partial charge in [-0.15, -0.1) is 0 Å². The number of ether oxygens (including phenoxy) is 1. The van der Waals surface area contributed by atoms with Gasteiger partial charge in [0.25, 0.3) is 5.69 Å². The van der Waals surface area contributed by atoms with Crippen LogP contribution in [-0.4, -0.2) is 32.6 Å². The molecule has 0 atom stereocenters. The molecule has 0 amide bonds. The van der Waals surface area contributed by atoms with Gasteiger partial charge in [-0.2, -0.15) is 11.3 Å². The molecule has 7 nitrogen and oxygen atoms in total. The summed E-state index contributed by atoms with van der Waals surface area (Å²) in [5, 5.41) is 14.8. The standard InChI is InChI=1S/C13H12N2O5S2/c16-15(17)13-5-11(22(18,19)14-10-6-20-7-10)1-2-12(13)9-3-4-21-8-9/h1-5,8,10,14H,6-7H2. The number of hydrogen-bond acceptors (Lipinski definition) is 6. The number of hydrogen-bond donors (Lipinski definition) is 1. The molecule has 0 bridgehead atoms. The van der Waals surface area contributed by atoms with Crippen molar-refractivity contribution in [2.45, 2.75) is 10.9 Å². The van der Waals surface area contributed by atoms with Crippen molar-refractivity contribution in [2.75, 3.05) is 13.2 Å². The van der Waals surface area contributed by atoms with Crippen LogP contribution in [0.4, 0.5) is 5.69 Å². The van der Waals surface area contributed by atoms with Crippen LogP contribution < -0.4 is 4.72 Å². The SMILES string of the molecule is O=[N+]([O-])c1cc(S(=O)(=O)NC2COC2)ccc1-c1ccsc1. The third-order valence-corrected chi connectivity index (χ3v) is 5.47. The molecular formula is C13H12N2O5S2. The van der Waals surface area contributed by atoms with Crippen molar-refractivity contribution in [3.05, 3.63) is 45.1 Å². The second kappa shape index (κ2) is 5.76. The summed E-state index contributed by atoms with van der Waals surface area (Å²) in [6.07, 6.45) is 0. The fourth-order valence-corrected chi connectivity index (χ4v) is 3.96. The van der Waals surface area contributed by atoms with E-state index in [4.69, 9.17) is 4.74 Å². The van der Waals surface area contributed by atoms with E-state index in [9.17, 15) is 18.5 Å². The summed E-state index contributed by atoms with van der Waals surface area (Å²) < 4.78 is 31.8. The Morgan fingerprint density at radius 1 is 1.32 bits per heavy atom. The quantitative estimate of drug-likeness (QED) is 0.663. The second-order valence-electron chi connectivity index (χ2n) is 4.80. The maximum atomic E-state index is 12.2. The highest BCUT2D eigenvalue weighted by Gasteiger charge is 2.27. The Hall–Kier alpha value is -1.81. The molecule has 0 spiro atoms. The third kappa shape index (κ3) is 2.88. The number of benzene rings is 1. The zero-order valence-corrected chi connectivity index (χ0v) is 12.9. The van der Waals surface area contributed by atoms with E-state index in [2.05, 4.69) is 4.72 Å². The molecule has 1 aliphatic heterocycles. The number of nitrogens with one attached hydrogen (secondary N) is 1. The number of nitro benzene ring substituents is 1. The van der Waals surface area contributed by atoms with Crippen LogP contribution in [-0.2, 0) is 14.8 Å². The zero-order chi connectivity index (χ0) is 15.7. The lowest BCUT2D eigenvalue weighted by Gasteiger charge is -2.26. The third-order valence-electron chi connectivity index (χ3n) is 3.27. The van der Waals surface area contributed by atoms with Crippen molar-refractivity contribution < 1.29 is 18.1 Å². The number of thiophene rings is 1. The maximum Gasteiger partial charge on any atom is 0.278 e. The van der Waals surface area contributed by atoms with Crippen LogP contribution in [0.25, 0.3) is 11.1 Å². The molecule has 1 aromatic heterocycles. The predicted molar refractivity (Wildman–Crippen MR) is 81.3 cm³/mol. The summed E-state index contributed by atoms with van der Waals surface area (Å²) in [6.45, 7) is 0.628. The molecule has 2 heterocycles. The van der Waals surface area contributed by atoms with Gasteiger partial charge in [-0.3, -0.25) is 10.1 Å². The normalized spacial score (nSPS) is 15.5. The Balaban J connectivity index is 2.00. The Morgan fingerprint density at radius 2 is 2.09 bits per heavy atom. The number of nitrogens with zero attached hydrogens (tertiary/aromatic N) is 1. The fraction of sp³-hybridized carbons (Fsp3) is 0.231. The first-order valence-electron chi connectivity index (χ1n) is 6.38. The highest BCUT2D eigenvalue weighted by Crippen LogP contribution is 2.33. The van der Waals surface area contributed by atoms with Gasteiger partial charge in [0.1, 0.15) is 0 Å². The van der Waals surface area contributed by atoms with Crippen LogP contribution in [0.1, 0.15) is 0 Å². The minimum atomic E-state index is -3.79. The Labute approximate surface area is 130 Å². The smallest absolute Gasteiger partial charge is 0.278 e. The Bertz CT molecular complexity index is 798. The summed E-state index contributed by atoms with van der Waals surface area (Å²) in [6, 6.07) is 5.41. The molecule has 0 saturated carbocycles. The van der Waals surface area contributed by atoms with Crippen molar-refractivity contribution in [1.29, 1.82) is 0 Å². The van der Waals surface area contributed by atoms with Crippen molar-refractivity contribution in [2.24, 2.45) is 0 Å². The average molecular weight is 340 g/mol. The first kappa shape index (κ1) is 15.1. The first-order chi connectivity index (χ1) is 10.5. The minimum absolute atomic E-state index is 0.120. The van der Waals surface area contributed by atoms with Gasteiger partial charge in [0.05, 0.1) is 34.6 Å². The lowest BCUT2D eigenvalue weighted by molar-refractivity contribution is -0.384. The summed E-state index contributed by atoms with van der Waals surface area (Å²) in [5.41, 5.74) is 0.865. The van der Waals surface area contributed by atoms with Crippen molar-refractivity contribution in [3.63, 3.8) is 0 Å². The average Bonchev–Trinajstić information content (AvgIpc) is 2.96. The van der Waals surface area contributed by atoms with Crippen molar-refractivity contribution in [1.82, 2.24) is 4.72 Å². The molecule has 9 heteroatoms. The van der Waals surface area contributed by atoms with Crippen LogP contribution >= 0.6 is 11.3 Å². The molecule has 1 saturated heterocycles. The van der Waals surface area contributed by atoms with E-state index < -0.39 is 14.9 Å². The summed E-state index contributed by atoms with van der Waals surface area (Å²) >= 11 is 1.42. The molecule has 2 aromatic rings. The Kier molecular flexibility index (Phi) is 3.96. The van der Waals surface area contributed by atoms with E-state index in [1.165, 1.54) is 23.5 Å². The number of rotatable bonds is 5. The molecule has 1 N–H and O–H groups in total. The molecule has 116 valence electrons. The summed E-state index contributed by atoms with van der Waals surface area (Å²) in [5.74, 6) is 0. The largest absolute Gasteiger partial charge is 0.378 e. The van der Waals surface area contributed by atoms with E-state index in [-0.39, 0.29) is 16.6 Å². The van der Waals surface area contributed by atoms with Gasteiger partial charge < -0.3 is 4.74 Å². The van der Waals surface area contributed by atoms with Gasteiger partial charge in [0.15, 0.2) is 0 Å². The van der Waals surface area contributed by atoms with Gasteiger partial charge in [0.2, 0.25) is 10.0 Å². The summed E-state index contributed by atoms with van der Waals surface area (Å²) in [7, 11) is -3.79. The molecule has 3 rings (SSSR count). The Morgan fingerprint density at radius 3 is 2.64 bits per heavy atom. The van der Waals surface area contributed by atoms with Crippen molar-refractivity contribution >= 4 is 27.0 Å². The molecule has 0 aliphatic carbocycles.